The quantitative estimate of drug-likeness (QED) is 0.897. The van der Waals surface area contributed by atoms with Crippen LogP contribution in [0.4, 0.5) is 0 Å². The molecule has 1 aliphatic carbocycles. The van der Waals surface area contributed by atoms with E-state index in [1.807, 2.05) is 4.90 Å². The largest absolute Gasteiger partial charge is 0.352 e. The molecule has 2 heterocycles. The SMILES string of the molecule is Cn1cccc(C(=O)NCC2CC(=O)N(C3CCCC3)C2)c1=O. The Morgan fingerprint density at radius 3 is 2.78 bits per heavy atom. The number of hydrogen-bond acceptors (Lipinski definition) is 3. The molecule has 1 aromatic rings. The molecule has 3 rings (SSSR count). The Hall–Kier alpha value is -2.11. The molecule has 23 heavy (non-hydrogen) atoms. The van der Waals surface area contributed by atoms with Gasteiger partial charge in [0.1, 0.15) is 5.56 Å². The summed E-state index contributed by atoms with van der Waals surface area (Å²) in [6, 6.07) is 3.60. The number of aryl methyl sites for hydroxylation is 1. The number of likely N-dealkylation sites (tertiary alicyclic amines) is 1. The maximum absolute atomic E-state index is 12.2. The minimum atomic E-state index is -0.363. The van der Waals surface area contributed by atoms with Crippen LogP contribution in [0.3, 0.4) is 0 Å². The summed E-state index contributed by atoms with van der Waals surface area (Å²) in [5.74, 6) is -0.0237. The molecule has 2 amide bonds. The Kier molecular flexibility index (Phi) is 4.50. The van der Waals surface area contributed by atoms with E-state index >= 15 is 0 Å². The number of hydrogen-bond donors (Lipinski definition) is 1. The molecule has 1 saturated carbocycles. The lowest BCUT2D eigenvalue weighted by Gasteiger charge is -2.24. The molecule has 1 saturated heterocycles. The summed E-state index contributed by atoms with van der Waals surface area (Å²) in [6.07, 6.45) is 6.72. The monoisotopic (exact) mass is 317 g/mol. The van der Waals surface area contributed by atoms with Gasteiger partial charge in [-0.2, -0.15) is 0 Å². The predicted octanol–water partition coefficient (Wildman–Crippen LogP) is 0.906. The normalized spacial score (nSPS) is 21.9. The first-order chi connectivity index (χ1) is 11.1. The van der Waals surface area contributed by atoms with Crippen molar-refractivity contribution < 1.29 is 9.59 Å². The number of carbonyl (C=O) groups excluding carboxylic acids is 2. The predicted molar refractivity (Wildman–Crippen MR) is 86.1 cm³/mol. The Balaban J connectivity index is 1.56. The first-order valence-corrected chi connectivity index (χ1v) is 8.29. The molecule has 1 N–H and O–H groups in total. The lowest BCUT2D eigenvalue weighted by Crippen LogP contribution is -2.37. The Morgan fingerprint density at radius 1 is 1.30 bits per heavy atom. The van der Waals surface area contributed by atoms with Crippen LogP contribution in [-0.4, -0.2) is 40.4 Å². The van der Waals surface area contributed by atoms with Crippen LogP contribution in [0.15, 0.2) is 23.1 Å². The third kappa shape index (κ3) is 3.30. The van der Waals surface area contributed by atoms with Crippen molar-refractivity contribution in [2.75, 3.05) is 13.1 Å². The maximum atomic E-state index is 12.2. The van der Waals surface area contributed by atoms with E-state index in [1.54, 1.807) is 19.3 Å². The number of aromatic nitrogens is 1. The van der Waals surface area contributed by atoms with Gasteiger partial charge in [-0.1, -0.05) is 12.8 Å². The van der Waals surface area contributed by atoms with Gasteiger partial charge >= 0.3 is 0 Å². The first-order valence-electron chi connectivity index (χ1n) is 8.29. The Morgan fingerprint density at radius 2 is 2.04 bits per heavy atom. The van der Waals surface area contributed by atoms with E-state index in [-0.39, 0.29) is 28.9 Å². The Bertz CT molecular complexity index is 661. The molecular formula is C17H23N3O3. The summed E-state index contributed by atoms with van der Waals surface area (Å²) in [7, 11) is 1.62. The molecule has 0 aromatic carbocycles. The fraction of sp³-hybridized carbons (Fsp3) is 0.588. The van der Waals surface area contributed by atoms with E-state index in [2.05, 4.69) is 5.32 Å². The highest BCUT2D eigenvalue weighted by Crippen LogP contribution is 2.29. The van der Waals surface area contributed by atoms with Crippen molar-refractivity contribution in [1.29, 1.82) is 0 Å². The zero-order valence-electron chi connectivity index (χ0n) is 13.5. The number of nitrogens with one attached hydrogen (secondary N) is 1. The van der Waals surface area contributed by atoms with E-state index < -0.39 is 0 Å². The minimum absolute atomic E-state index is 0.139. The van der Waals surface area contributed by atoms with Crippen molar-refractivity contribution in [3.8, 4) is 0 Å². The van der Waals surface area contributed by atoms with Gasteiger partial charge in [-0.3, -0.25) is 14.4 Å². The van der Waals surface area contributed by atoms with E-state index in [0.29, 0.717) is 19.0 Å². The highest BCUT2D eigenvalue weighted by molar-refractivity contribution is 5.93. The van der Waals surface area contributed by atoms with Crippen LogP contribution in [0.1, 0.15) is 42.5 Å². The number of amides is 2. The maximum Gasteiger partial charge on any atom is 0.263 e. The molecule has 1 atom stereocenters. The highest BCUT2D eigenvalue weighted by Gasteiger charge is 2.35. The van der Waals surface area contributed by atoms with Gasteiger partial charge in [0.2, 0.25) is 5.91 Å². The number of nitrogens with zero attached hydrogens (tertiary/aromatic N) is 2. The molecule has 1 unspecified atom stereocenters. The summed E-state index contributed by atoms with van der Waals surface area (Å²) >= 11 is 0. The fourth-order valence-corrected chi connectivity index (χ4v) is 3.62. The average Bonchev–Trinajstić information content (AvgIpc) is 3.17. The summed E-state index contributed by atoms with van der Waals surface area (Å²) < 4.78 is 1.38. The summed E-state index contributed by atoms with van der Waals surface area (Å²) in [5, 5.41) is 2.81. The summed E-state index contributed by atoms with van der Waals surface area (Å²) in [4.78, 5) is 38.2. The van der Waals surface area contributed by atoms with Gasteiger partial charge in [0, 0.05) is 44.7 Å². The molecule has 1 aliphatic heterocycles. The van der Waals surface area contributed by atoms with Crippen molar-refractivity contribution in [2.45, 2.75) is 38.1 Å². The van der Waals surface area contributed by atoms with E-state index in [0.717, 1.165) is 19.4 Å². The number of rotatable bonds is 4. The minimum Gasteiger partial charge on any atom is -0.352 e. The Labute approximate surface area is 135 Å². The molecule has 2 fully saturated rings. The van der Waals surface area contributed by atoms with Gasteiger partial charge in [-0.25, -0.2) is 0 Å². The average molecular weight is 317 g/mol. The van der Waals surface area contributed by atoms with Crippen LogP contribution in [0, 0.1) is 5.92 Å². The van der Waals surface area contributed by atoms with Gasteiger partial charge < -0.3 is 14.8 Å². The van der Waals surface area contributed by atoms with Gasteiger partial charge in [0.25, 0.3) is 11.5 Å². The summed E-state index contributed by atoms with van der Waals surface area (Å²) in [5.41, 5.74) is -0.160. The highest BCUT2D eigenvalue weighted by atomic mass is 16.2. The van der Waals surface area contributed by atoms with Crippen molar-refractivity contribution in [1.82, 2.24) is 14.8 Å². The van der Waals surface area contributed by atoms with Crippen molar-refractivity contribution in [2.24, 2.45) is 13.0 Å². The molecule has 0 spiro atoms. The zero-order valence-corrected chi connectivity index (χ0v) is 13.5. The van der Waals surface area contributed by atoms with Gasteiger partial charge in [-0.05, 0) is 25.0 Å². The van der Waals surface area contributed by atoms with Gasteiger partial charge in [-0.15, -0.1) is 0 Å². The van der Waals surface area contributed by atoms with Crippen LogP contribution in [0.5, 0.6) is 0 Å². The van der Waals surface area contributed by atoms with E-state index in [1.165, 1.54) is 23.5 Å². The second kappa shape index (κ2) is 6.56. The molecule has 0 radical (unpaired) electrons. The van der Waals surface area contributed by atoms with E-state index in [9.17, 15) is 14.4 Å². The van der Waals surface area contributed by atoms with Crippen LogP contribution in [-0.2, 0) is 11.8 Å². The molecule has 6 nitrogen and oxygen atoms in total. The molecule has 1 aromatic heterocycles. The van der Waals surface area contributed by atoms with Crippen molar-refractivity contribution >= 4 is 11.8 Å². The van der Waals surface area contributed by atoms with Crippen molar-refractivity contribution in [3.05, 3.63) is 34.2 Å². The van der Waals surface area contributed by atoms with Gasteiger partial charge in [0.05, 0.1) is 0 Å². The third-order valence-corrected chi connectivity index (χ3v) is 4.92. The lowest BCUT2D eigenvalue weighted by molar-refractivity contribution is -0.129. The van der Waals surface area contributed by atoms with Crippen LogP contribution in [0.25, 0.3) is 0 Å². The molecule has 124 valence electrons. The topological polar surface area (TPSA) is 71.4 Å². The van der Waals surface area contributed by atoms with Crippen LogP contribution in [0.2, 0.25) is 0 Å². The molecular weight excluding hydrogens is 294 g/mol. The number of pyridine rings is 1. The number of carbonyl (C=O) groups is 2. The first kappa shape index (κ1) is 15.8. The van der Waals surface area contributed by atoms with Crippen LogP contribution >= 0.6 is 0 Å². The standard InChI is InChI=1S/C17H23N3O3/c1-19-8-4-7-14(17(19)23)16(22)18-10-12-9-15(21)20(11-12)13-5-2-3-6-13/h4,7-8,12-13H,2-3,5-6,9-11H2,1H3,(H,18,22). The molecule has 2 aliphatic rings. The third-order valence-electron chi connectivity index (χ3n) is 4.92. The molecule has 0 bridgehead atoms. The second-order valence-corrected chi connectivity index (χ2v) is 6.60. The second-order valence-electron chi connectivity index (χ2n) is 6.60. The smallest absolute Gasteiger partial charge is 0.263 e. The fourth-order valence-electron chi connectivity index (χ4n) is 3.62. The zero-order chi connectivity index (χ0) is 16.4. The summed E-state index contributed by atoms with van der Waals surface area (Å²) in [6.45, 7) is 1.16. The lowest BCUT2D eigenvalue weighted by atomic mass is 10.1. The molecule has 6 heteroatoms. The van der Waals surface area contributed by atoms with Crippen molar-refractivity contribution in [3.63, 3.8) is 0 Å². The van der Waals surface area contributed by atoms with Gasteiger partial charge in [0.15, 0.2) is 0 Å². The van der Waals surface area contributed by atoms with E-state index in [4.69, 9.17) is 0 Å². The van der Waals surface area contributed by atoms with Crippen LogP contribution < -0.4 is 10.9 Å².